The molecule has 0 aliphatic carbocycles. The molecule has 1 amide bonds. The van der Waals surface area contributed by atoms with Crippen molar-refractivity contribution in [1.29, 1.82) is 0 Å². The number of nitrogens with one attached hydrogen (secondary N) is 2. The maximum absolute atomic E-state index is 13.1. The van der Waals surface area contributed by atoms with E-state index < -0.39 is 23.7 Å². The van der Waals surface area contributed by atoms with Gasteiger partial charge >= 0.3 is 0 Å². The van der Waals surface area contributed by atoms with Gasteiger partial charge in [0.25, 0.3) is 0 Å². The van der Waals surface area contributed by atoms with Crippen LogP contribution in [0.3, 0.4) is 0 Å². The molecule has 2 rings (SSSR count). The molecule has 1 aliphatic rings. The van der Waals surface area contributed by atoms with Gasteiger partial charge in [-0.3, -0.25) is 4.79 Å². The Morgan fingerprint density at radius 1 is 1.47 bits per heavy atom. The van der Waals surface area contributed by atoms with Crippen molar-refractivity contribution in [2.45, 2.75) is 19.0 Å². The van der Waals surface area contributed by atoms with Gasteiger partial charge < -0.3 is 15.4 Å². The van der Waals surface area contributed by atoms with E-state index in [1.54, 1.807) is 6.92 Å². The van der Waals surface area contributed by atoms with Gasteiger partial charge in [0.15, 0.2) is 11.6 Å². The molecule has 6 heteroatoms. The lowest BCUT2D eigenvalue weighted by molar-refractivity contribution is -0.126. The molecule has 1 fully saturated rings. The minimum absolute atomic E-state index is 0.211. The van der Waals surface area contributed by atoms with Gasteiger partial charge in [0.2, 0.25) is 5.91 Å². The number of halogens is 2. The second-order valence-electron chi connectivity index (χ2n) is 4.49. The van der Waals surface area contributed by atoms with Crippen LogP contribution in [0.1, 0.15) is 18.5 Å². The topological polar surface area (TPSA) is 50.4 Å². The van der Waals surface area contributed by atoms with Crippen LogP contribution in [0, 0.1) is 11.6 Å². The van der Waals surface area contributed by atoms with Crippen molar-refractivity contribution in [2.75, 3.05) is 19.8 Å². The number of carbonyl (C=O) groups excluding carboxylic acids is 1. The summed E-state index contributed by atoms with van der Waals surface area (Å²) >= 11 is 0. The molecule has 2 N–H and O–H groups in total. The van der Waals surface area contributed by atoms with Gasteiger partial charge in [0, 0.05) is 6.54 Å². The molecule has 1 aromatic carbocycles. The van der Waals surface area contributed by atoms with Gasteiger partial charge in [-0.25, -0.2) is 8.78 Å². The first-order valence-electron chi connectivity index (χ1n) is 6.14. The Balaban J connectivity index is 1.97. The summed E-state index contributed by atoms with van der Waals surface area (Å²) in [7, 11) is 0. The first kappa shape index (κ1) is 13.9. The Morgan fingerprint density at radius 2 is 2.26 bits per heavy atom. The van der Waals surface area contributed by atoms with Crippen LogP contribution in [0.2, 0.25) is 0 Å². The van der Waals surface area contributed by atoms with Crippen molar-refractivity contribution < 1.29 is 18.3 Å². The SMILES string of the molecule is CC(NC(=O)C1COCCN1)c1ccc(F)c(F)c1. The Kier molecular flexibility index (Phi) is 4.44. The summed E-state index contributed by atoms with van der Waals surface area (Å²) in [6.07, 6.45) is 0. The van der Waals surface area contributed by atoms with Gasteiger partial charge in [-0.05, 0) is 24.6 Å². The van der Waals surface area contributed by atoms with Crippen molar-refractivity contribution in [3.63, 3.8) is 0 Å². The molecule has 1 aliphatic heterocycles. The molecule has 1 saturated heterocycles. The van der Waals surface area contributed by atoms with E-state index in [2.05, 4.69) is 10.6 Å². The van der Waals surface area contributed by atoms with Gasteiger partial charge in [0.05, 0.1) is 19.3 Å². The molecule has 2 atom stereocenters. The molecule has 1 aromatic rings. The summed E-state index contributed by atoms with van der Waals surface area (Å²) in [5, 5.41) is 5.77. The standard InChI is InChI=1S/C13H16F2N2O2/c1-8(9-2-3-10(14)11(15)6-9)17-13(18)12-7-19-5-4-16-12/h2-3,6,8,12,16H,4-5,7H2,1H3,(H,17,18). The fraction of sp³-hybridized carbons (Fsp3) is 0.462. The minimum Gasteiger partial charge on any atom is -0.378 e. The minimum atomic E-state index is -0.919. The van der Waals surface area contributed by atoms with E-state index in [4.69, 9.17) is 4.74 Å². The van der Waals surface area contributed by atoms with Crippen LogP contribution in [-0.2, 0) is 9.53 Å². The summed E-state index contributed by atoms with van der Waals surface area (Å²) in [4.78, 5) is 11.9. The molecule has 0 radical (unpaired) electrons. The fourth-order valence-corrected chi connectivity index (χ4v) is 1.91. The van der Waals surface area contributed by atoms with Crippen LogP contribution < -0.4 is 10.6 Å². The lowest BCUT2D eigenvalue weighted by Gasteiger charge is -2.25. The summed E-state index contributed by atoms with van der Waals surface area (Å²) in [5.74, 6) is -2.03. The van der Waals surface area contributed by atoms with Crippen LogP contribution in [0.4, 0.5) is 8.78 Å². The maximum atomic E-state index is 13.1. The average Bonchev–Trinajstić information content (AvgIpc) is 2.42. The molecule has 0 saturated carbocycles. The van der Waals surface area contributed by atoms with Crippen molar-refractivity contribution in [3.8, 4) is 0 Å². The molecule has 19 heavy (non-hydrogen) atoms. The van der Waals surface area contributed by atoms with Crippen molar-refractivity contribution >= 4 is 5.91 Å². The summed E-state index contributed by atoms with van der Waals surface area (Å²) in [6.45, 7) is 3.24. The Bertz CT molecular complexity index is 462. The van der Waals surface area contributed by atoms with Gasteiger partial charge in [0.1, 0.15) is 6.04 Å². The third-order valence-corrected chi connectivity index (χ3v) is 3.04. The third kappa shape index (κ3) is 3.48. The van der Waals surface area contributed by atoms with Crippen molar-refractivity contribution in [2.24, 2.45) is 0 Å². The average molecular weight is 270 g/mol. The highest BCUT2D eigenvalue weighted by Gasteiger charge is 2.22. The monoisotopic (exact) mass is 270 g/mol. The molecular weight excluding hydrogens is 254 g/mol. The molecule has 0 bridgehead atoms. The largest absolute Gasteiger partial charge is 0.378 e. The molecule has 0 aromatic heterocycles. The van der Waals surface area contributed by atoms with E-state index in [1.165, 1.54) is 6.07 Å². The summed E-state index contributed by atoms with van der Waals surface area (Å²) < 4.78 is 31.1. The highest BCUT2D eigenvalue weighted by atomic mass is 19.2. The van der Waals surface area contributed by atoms with Crippen LogP contribution in [0.5, 0.6) is 0 Å². The van der Waals surface area contributed by atoms with E-state index in [1.807, 2.05) is 0 Å². The highest BCUT2D eigenvalue weighted by molar-refractivity contribution is 5.82. The zero-order chi connectivity index (χ0) is 13.8. The third-order valence-electron chi connectivity index (χ3n) is 3.04. The Morgan fingerprint density at radius 3 is 2.89 bits per heavy atom. The first-order valence-corrected chi connectivity index (χ1v) is 6.14. The van der Waals surface area contributed by atoms with E-state index in [0.29, 0.717) is 25.3 Å². The van der Waals surface area contributed by atoms with Gasteiger partial charge in [-0.15, -0.1) is 0 Å². The second kappa shape index (κ2) is 6.08. The van der Waals surface area contributed by atoms with E-state index in [-0.39, 0.29) is 5.91 Å². The molecule has 1 heterocycles. The number of carbonyl (C=O) groups is 1. The quantitative estimate of drug-likeness (QED) is 0.865. The molecule has 4 nitrogen and oxygen atoms in total. The predicted octanol–water partition coefficient (Wildman–Crippen LogP) is 1.13. The molecule has 104 valence electrons. The van der Waals surface area contributed by atoms with Crippen LogP contribution >= 0.6 is 0 Å². The summed E-state index contributed by atoms with van der Waals surface area (Å²) in [5.41, 5.74) is 0.518. The number of morpholine rings is 1. The zero-order valence-corrected chi connectivity index (χ0v) is 10.6. The van der Waals surface area contributed by atoms with Crippen LogP contribution in [0.15, 0.2) is 18.2 Å². The van der Waals surface area contributed by atoms with Crippen molar-refractivity contribution in [3.05, 3.63) is 35.4 Å². The fourth-order valence-electron chi connectivity index (χ4n) is 1.91. The number of ether oxygens (including phenoxy) is 1. The summed E-state index contributed by atoms with van der Waals surface area (Å²) in [6, 6.07) is 2.79. The van der Waals surface area contributed by atoms with Crippen molar-refractivity contribution in [1.82, 2.24) is 10.6 Å². The van der Waals surface area contributed by atoms with Gasteiger partial charge in [-0.2, -0.15) is 0 Å². The maximum Gasteiger partial charge on any atom is 0.240 e. The van der Waals surface area contributed by atoms with Crippen LogP contribution in [-0.4, -0.2) is 31.7 Å². The smallest absolute Gasteiger partial charge is 0.240 e. The zero-order valence-electron chi connectivity index (χ0n) is 10.6. The Hall–Kier alpha value is -1.53. The first-order chi connectivity index (χ1) is 9.08. The molecular formula is C13H16F2N2O2. The second-order valence-corrected chi connectivity index (χ2v) is 4.49. The number of rotatable bonds is 3. The Labute approximate surface area is 110 Å². The molecule has 0 spiro atoms. The normalized spacial score (nSPS) is 20.9. The number of hydrogen-bond acceptors (Lipinski definition) is 3. The lowest BCUT2D eigenvalue weighted by Crippen LogP contribution is -2.51. The van der Waals surface area contributed by atoms with Crippen LogP contribution in [0.25, 0.3) is 0 Å². The number of amides is 1. The van der Waals surface area contributed by atoms with E-state index in [9.17, 15) is 13.6 Å². The van der Waals surface area contributed by atoms with E-state index >= 15 is 0 Å². The van der Waals surface area contributed by atoms with E-state index in [0.717, 1.165) is 12.1 Å². The number of hydrogen-bond donors (Lipinski definition) is 2. The number of benzene rings is 1. The molecule has 2 unspecified atom stereocenters. The highest BCUT2D eigenvalue weighted by Crippen LogP contribution is 2.16. The predicted molar refractivity (Wildman–Crippen MR) is 65.5 cm³/mol. The lowest BCUT2D eigenvalue weighted by atomic mass is 10.1. The van der Waals surface area contributed by atoms with Gasteiger partial charge in [-0.1, -0.05) is 6.07 Å².